The number of aliphatic hydroxyl groups excluding tert-OH is 1. The van der Waals surface area contributed by atoms with Crippen LogP contribution in [0.1, 0.15) is 71.2 Å². The van der Waals surface area contributed by atoms with Gasteiger partial charge < -0.3 is 60.4 Å². The molecule has 5 aromatic rings. The molecule has 23 nitrogen and oxygen atoms in total. The Morgan fingerprint density at radius 1 is 0.765 bits per heavy atom. The number of carbonyl (C=O) groups excluding carboxylic acids is 4. The third-order valence-electron chi connectivity index (χ3n) is 13.9. The van der Waals surface area contributed by atoms with Gasteiger partial charge >= 0.3 is 0 Å². The van der Waals surface area contributed by atoms with Crippen LogP contribution in [0, 0.1) is 19.3 Å². The number of sulfonamides is 1. The zero-order valence-corrected chi connectivity index (χ0v) is 51.7. The van der Waals surface area contributed by atoms with Crippen LogP contribution >= 0.6 is 11.3 Å². The largest absolute Gasteiger partial charge is 0.391 e. The highest BCUT2D eigenvalue weighted by molar-refractivity contribution is 7.89. The van der Waals surface area contributed by atoms with E-state index >= 15 is 0 Å². The smallest absolute Gasteiger partial charge is 0.246 e. The fourth-order valence-electron chi connectivity index (χ4n) is 9.48. The molecule has 85 heavy (non-hydrogen) atoms. The molecular weight excluding hydrogens is 1130 g/mol. The number of nitrogens with one attached hydrogen (secondary N) is 6. The molecule has 2 fully saturated rings. The Hall–Kier alpha value is -6.68. The second-order valence-electron chi connectivity index (χ2n) is 23.2. The molecule has 2 aliphatic heterocycles. The molecule has 0 saturated carbocycles. The van der Waals surface area contributed by atoms with Gasteiger partial charge in [0.25, 0.3) is 0 Å². The number of ether oxygens (including phenoxy) is 4. The minimum Gasteiger partial charge on any atom is -0.391 e. The van der Waals surface area contributed by atoms with Crippen LogP contribution in [0.4, 0.5) is 28.8 Å². The average Bonchev–Trinajstić information content (AvgIpc) is 3.66. The topological polar surface area (TPSA) is 280 Å². The van der Waals surface area contributed by atoms with Gasteiger partial charge in [-0.15, -0.1) is 11.3 Å². The highest BCUT2D eigenvalue weighted by Crippen LogP contribution is 2.30. The summed E-state index contributed by atoms with van der Waals surface area (Å²) in [6.07, 6.45) is 0.940. The molecule has 2 aromatic heterocycles. The maximum Gasteiger partial charge on any atom is 0.246 e. The molecule has 4 amide bonds. The van der Waals surface area contributed by atoms with Gasteiger partial charge in [-0.05, 0) is 93.6 Å². The first-order chi connectivity index (χ1) is 40.5. The Morgan fingerprint density at radius 2 is 1.42 bits per heavy atom. The van der Waals surface area contributed by atoms with Gasteiger partial charge in [0.15, 0.2) is 0 Å². The highest BCUT2D eigenvalue weighted by Gasteiger charge is 2.44. The second kappa shape index (κ2) is 31.1. The molecule has 0 radical (unpaired) electrons. The van der Waals surface area contributed by atoms with Crippen molar-refractivity contribution in [2.45, 2.75) is 103 Å². The van der Waals surface area contributed by atoms with Crippen molar-refractivity contribution in [2.24, 2.45) is 5.41 Å². The van der Waals surface area contributed by atoms with Gasteiger partial charge in [0.2, 0.25) is 39.6 Å². The lowest BCUT2D eigenvalue weighted by molar-refractivity contribution is -0.144. The minimum absolute atomic E-state index is 0.0137. The zero-order chi connectivity index (χ0) is 61.2. The number of aryl methyl sites for hydroxylation is 2. The SMILES string of the molecule is Cc1cnc(Nc2ccc(N3CCN(CC(=O)NCCOCCOCCOCCOCCC(=O)N[C@H](C(=O)N4C[C@H](O)C[C@H]4C(=O)NCc4ccc(-c5scnc5C)cc4)C(C)(C)C)CC3)cc2)nc1Nc1cccc(S(=O)(=O)NC(C)(C)C)c1. The Bertz CT molecular complexity index is 3090. The number of hydrogen-bond donors (Lipinski definition) is 7. The molecule has 2 aliphatic rings. The van der Waals surface area contributed by atoms with Crippen molar-refractivity contribution in [3.05, 3.63) is 101 Å². The minimum atomic E-state index is -3.72. The Morgan fingerprint density at radius 3 is 2.06 bits per heavy atom. The van der Waals surface area contributed by atoms with E-state index < -0.39 is 45.1 Å². The van der Waals surface area contributed by atoms with E-state index in [0.29, 0.717) is 70.2 Å². The number of benzene rings is 3. The Labute approximate surface area is 503 Å². The number of piperazine rings is 1. The number of β-amino-alcohol motifs (C(OH)–C–C–N with tert-alkyl or cyclic N) is 1. The number of anilines is 5. The molecule has 4 heterocycles. The number of aromatic nitrogens is 3. The first kappa shape index (κ1) is 65.9. The van der Waals surface area contributed by atoms with Crippen molar-refractivity contribution < 1.29 is 51.6 Å². The van der Waals surface area contributed by atoms with E-state index in [1.54, 1.807) is 62.6 Å². The van der Waals surface area contributed by atoms with Crippen molar-refractivity contribution in [1.82, 2.24) is 45.4 Å². The number of thiazole rings is 1. The molecule has 3 atom stereocenters. The van der Waals surface area contributed by atoms with Crippen molar-refractivity contribution in [2.75, 3.05) is 114 Å². The van der Waals surface area contributed by atoms with Gasteiger partial charge in [0, 0.05) is 93.0 Å². The number of carbonyl (C=O) groups is 4. The fraction of sp³-hybridized carbons (Fsp3) is 0.517. The van der Waals surface area contributed by atoms with Crippen LogP contribution in [0.5, 0.6) is 0 Å². The number of rotatable bonds is 30. The van der Waals surface area contributed by atoms with Gasteiger partial charge in [0.05, 0.1) is 86.5 Å². The van der Waals surface area contributed by atoms with Gasteiger partial charge in [-0.2, -0.15) is 4.98 Å². The van der Waals surface area contributed by atoms with Crippen molar-refractivity contribution >= 4 is 73.8 Å². The molecule has 2 saturated heterocycles. The summed E-state index contributed by atoms with van der Waals surface area (Å²) in [6.45, 7) is 21.1. The third-order valence-corrected chi connectivity index (χ3v) is 16.7. The van der Waals surface area contributed by atoms with Crippen LogP contribution in [-0.4, -0.2) is 184 Å². The number of hydrogen-bond acceptors (Lipinski definition) is 19. The van der Waals surface area contributed by atoms with Gasteiger partial charge in [-0.1, -0.05) is 51.1 Å². The van der Waals surface area contributed by atoms with E-state index in [9.17, 15) is 32.7 Å². The van der Waals surface area contributed by atoms with Crippen LogP contribution < -0.4 is 36.2 Å². The molecule has 3 aromatic carbocycles. The average molecular weight is 1210 g/mol. The first-order valence-corrected chi connectivity index (χ1v) is 31.1. The quantitative estimate of drug-likeness (QED) is 0.0288. The highest BCUT2D eigenvalue weighted by atomic mass is 32.2. The molecule has 0 spiro atoms. The van der Waals surface area contributed by atoms with Crippen molar-refractivity contribution in [3.8, 4) is 10.4 Å². The van der Waals surface area contributed by atoms with E-state index in [4.69, 9.17) is 18.9 Å². The van der Waals surface area contributed by atoms with Gasteiger partial charge in [-0.3, -0.25) is 24.1 Å². The lowest BCUT2D eigenvalue weighted by Crippen LogP contribution is -2.57. The van der Waals surface area contributed by atoms with E-state index in [1.165, 1.54) is 4.90 Å². The lowest BCUT2D eigenvalue weighted by Gasteiger charge is -2.35. The number of aliphatic hydroxyl groups is 1. The van der Waals surface area contributed by atoms with Crippen LogP contribution in [0.2, 0.25) is 0 Å². The molecule has 0 aliphatic carbocycles. The third kappa shape index (κ3) is 20.8. The molecule has 462 valence electrons. The summed E-state index contributed by atoms with van der Waals surface area (Å²) in [5.41, 5.74) is 6.63. The van der Waals surface area contributed by atoms with E-state index in [1.807, 2.05) is 88.7 Å². The summed E-state index contributed by atoms with van der Waals surface area (Å²) in [5, 5.41) is 25.8. The maximum absolute atomic E-state index is 14.0. The molecule has 25 heteroatoms. The number of nitrogens with zero attached hydrogens (tertiary/aromatic N) is 6. The Kier molecular flexibility index (Phi) is 24.1. The molecule has 7 rings (SSSR count). The van der Waals surface area contributed by atoms with Gasteiger partial charge in [-0.25, -0.2) is 23.1 Å². The van der Waals surface area contributed by atoms with E-state index in [0.717, 1.165) is 64.8 Å². The first-order valence-electron chi connectivity index (χ1n) is 28.7. The summed E-state index contributed by atoms with van der Waals surface area (Å²) >= 11 is 1.57. The lowest BCUT2D eigenvalue weighted by atomic mass is 9.85. The molecule has 7 N–H and O–H groups in total. The van der Waals surface area contributed by atoms with E-state index in [2.05, 4.69) is 56.1 Å². The summed E-state index contributed by atoms with van der Waals surface area (Å²) in [6, 6.07) is 20.6. The van der Waals surface area contributed by atoms with Crippen LogP contribution in [0.15, 0.2) is 89.4 Å². The zero-order valence-electron chi connectivity index (χ0n) is 50.1. The fourth-order valence-corrected chi connectivity index (χ4v) is 11.8. The Balaban J connectivity index is 0.684. The van der Waals surface area contributed by atoms with Crippen molar-refractivity contribution in [1.29, 1.82) is 0 Å². The molecule has 0 bridgehead atoms. The maximum atomic E-state index is 14.0. The number of likely N-dealkylation sites (tertiary alicyclic amines) is 1. The summed E-state index contributed by atoms with van der Waals surface area (Å²) in [7, 11) is -3.72. The van der Waals surface area contributed by atoms with Crippen molar-refractivity contribution in [3.63, 3.8) is 0 Å². The van der Waals surface area contributed by atoms with Gasteiger partial charge in [0.1, 0.15) is 17.9 Å². The van der Waals surface area contributed by atoms with Crippen LogP contribution in [0.3, 0.4) is 0 Å². The predicted octanol–water partition coefficient (Wildman–Crippen LogP) is 5.28. The molecular formula is C60H84N12O11S2. The summed E-state index contributed by atoms with van der Waals surface area (Å²) in [5.74, 6) is -0.310. The monoisotopic (exact) mass is 1210 g/mol. The van der Waals surface area contributed by atoms with E-state index in [-0.39, 0.29) is 61.8 Å². The summed E-state index contributed by atoms with van der Waals surface area (Å²) < 4.78 is 51.0. The molecule has 0 unspecified atom stereocenters. The standard InChI is InChI=1S/C60H84N12O11S2/c1-41-36-63-58(68-55(41)65-46-10-9-11-49(34-46)85(78,79)69-60(6,7)8)66-45-16-18-47(19-17-45)71-24-22-70(23-25-71)39-52(75)61-21-27-81-29-31-83-33-32-82-30-28-80-26-20-51(74)67-54(59(3,4)5)57(77)72-38-48(73)35-50(72)56(76)62-37-43-12-14-44(15-13-43)53-42(2)64-40-84-53/h9-19,34,36,40,48,50,54,69,73H,20-33,35,37-39H2,1-8H3,(H,61,75)(H,62,76)(H,67,74)(H2,63,65,66,68)/t48-,50+,54-/m1/s1. The normalized spacial score (nSPS) is 16.2. The predicted molar refractivity (Wildman–Crippen MR) is 327 cm³/mol. The van der Waals surface area contributed by atoms with Crippen LogP contribution in [0.25, 0.3) is 10.4 Å². The van der Waals surface area contributed by atoms with Crippen LogP contribution in [-0.2, 0) is 54.7 Å². The number of amides is 4. The summed E-state index contributed by atoms with van der Waals surface area (Å²) in [4.78, 5) is 73.6. The second-order valence-corrected chi connectivity index (χ2v) is 25.7.